The SMILES string of the molecule is CCCC(CC)n1c(C(=O)O)cc2cnc(N=C(c3ccccc3)c3ccccc3)nc21. The molecule has 1 atom stereocenters. The van der Waals surface area contributed by atoms with Gasteiger partial charge in [0.2, 0.25) is 0 Å². The van der Waals surface area contributed by atoms with Gasteiger partial charge in [0.25, 0.3) is 5.95 Å². The molecule has 0 bridgehead atoms. The summed E-state index contributed by atoms with van der Waals surface area (Å²) in [4.78, 5) is 25.9. The van der Waals surface area contributed by atoms with Gasteiger partial charge in [-0.3, -0.25) is 0 Å². The van der Waals surface area contributed by atoms with Crippen molar-refractivity contribution >= 4 is 28.7 Å². The number of hydrogen-bond acceptors (Lipinski definition) is 4. The van der Waals surface area contributed by atoms with E-state index in [1.165, 1.54) is 0 Å². The van der Waals surface area contributed by atoms with Crippen molar-refractivity contribution in [3.8, 4) is 0 Å². The van der Waals surface area contributed by atoms with Crippen molar-refractivity contribution in [1.82, 2.24) is 14.5 Å². The van der Waals surface area contributed by atoms with E-state index in [0.717, 1.165) is 36.1 Å². The van der Waals surface area contributed by atoms with Crippen molar-refractivity contribution in [2.24, 2.45) is 4.99 Å². The van der Waals surface area contributed by atoms with E-state index in [-0.39, 0.29) is 11.7 Å². The van der Waals surface area contributed by atoms with E-state index in [1.807, 2.05) is 65.2 Å². The number of nitrogens with zero attached hydrogens (tertiary/aromatic N) is 4. The molecule has 2 heterocycles. The fourth-order valence-electron chi connectivity index (χ4n) is 4.02. The summed E-state index contributed by atoms with van der Waals surface area (Å²) in [5.74, 6) is -0.653. The summed E-state index contributed by atoms with van der Waals surface area (Å²) in [6, 6.07) is 21.5. The normalized spacial score (nSPS) is 11.9. The van der Waals surface area contributed by atoms with E-state index in [9.17, 15) is 9.90 Å². The first kappa shape index (κ1) is 21.4. The molecule has 0 amide bonds. The van der Waals surface area contributed by atoms with Crippen LogP contribution in [-0.2, 0) is 0 Å². The second-order valence-electron chi connectivity index (χ2n) is 7.70. The van der Waals surface area contributed by atoms with Crippen LogP contribution in [0.25, 0.3) is 11.0 Å². The molecule has 0 fully saturated rings. The van der Waals surface area contributed by atoms with Gasteiger partial charge < -0.3 is 9.67 Å². The second kappa shape index (κ2) is 9.56. The highest BCUT2D eigenvalue weighted by molar-refractivity contribution is 6.13. The molecule has 162 valence electrons. The second-order valence-corrected chi connectivity index (χ2v) is 7.70. The van der Waals surface area contributed by atoms with Crippen LogP contribution in [0.2, 0.25) is 0 Å². The van der Waals surface area contributed by atoms with Crippen LogP contribution >= 0.6 is 0 Å². The molecular formula is C26H26N4O2. The predicted molar refractivity (Wildman–Crippen MR) is 127 cm³/mol. The molecule has 0 radical (unpaired) electrons. The van der Waals surface area contributed by atoms with Crippen LogP contribution in [0.15, 0.2) is 77.9 Å². The summed E-state index contributed by atoms with van der Waals surface area (Å²) >= 11 is 0. The van der Waals surface area contributed by atoms with Crippen molar-refractivity contribution in [2.75, 3.05) is 0 Å². The molecule has 6 nitrogen and oxygen atoms in total. The van der Waals surface area contributed by atoms with E-state index in [1.54, 1.807) is 12.3 Å². The third kappa shape index (κ3) is 4.30. The van der Waals surface area contributed by atoms with Crippen LogP contribution in [0, 0.1) is 0 Å². The molecule has 0 aliphatic carbocycles. The van der Waals surface area contributed by atoms with Crippen LogP contribution in [0.3, 0.4) is 0 Å². The average Bonchev–Trinajstić information content (AvgIpc) is 3.21. The minimum atomic E-state index is -0.961. The lowest BCUT2D eigenvalue weighted by atomic mass is 10.0. The summed E-state index contributed by atoms with van der Waals surface area (Å²) in [5, 5.41) is 10.5. The van der Waals surface area contributed by atoms with Crippen LogP contribution in [-0.4, -0.2) is 31.3 Å². The van der Waals surface area contributed by atoms with E-state index in [4.69, 9.17) is 9.98 Å². The van der Waals surface area contributed by atoms with Crippen LogP contribution in [0.1, 0.15) is 60.8 Å². The van der Waals surface area contributed by atoms with Crippen LogP contribution in [0.5, 0.6) is 0 Å². The number of carbonyl (C=O) groups is 1. The van der Waals surface area contributed by atoms with Crippen molar-refractivity contribution < 1.29 is 9.90 Å². The van der Waals surface area contributed by atoms with Gasteiger partial charge in [-0.15, -0.1) is 0 Å². The minimum absolute atomic E-state index is 0.0537. The number of benzene rings is 2. The number of aromatic carboxylic acids is 1. The molecule has 6 heteroatoms. The highest BCUT2D eigenvalue weighted by Gasteiger charge is 2.22. The van der Waals surface area contributed by atoms with Crippen LogP contribution < -0.4 is 0 Å². The fourth-order valence-corrected chi connectivity index (χ4v) is 4.02. The van der Waals surface area contributed by atoms with Gasteiger partial charge in [-0.25, -0.2) is 14.8 Å². The van der Waals surface area contributed by atoms with Gasteiger partial charge in [0.05, 0.1) is 5.71 Å². The van der Waals surface area contributed by atoms with E-state index in [2.05, 4.69) is 18.8 Å². The van der Waals surface area contributed by atoms with Gasteiger partial charge in [-0.1, -0.05) is 80.9 Å². The molecule has 4 rings (SSSR count). The first-order chi connectivity index (χ1) is 15.6. The van der Waals surface area contributed by atoms with Gasteiger partial charge in [0, 0.05) is 28.8 Å². The molecule has 4 aromatic rings. The van der Waals surface area contributed by atoms with Crippen molar-refractivity contribution in [1.29, 1.82) is 0 Å². The Morgan fingerprint density at radius 3 is 2.19 bits per heavy atom. The molecule has 0 aliphatic heterocycles. The minimum Gasteiger partial charge on any atom is -0.477 e. The Morgan fingerprint density at radius 1 is 1.03 bits per heavy atom. The zero-order valence-electron chi connectivity index (χ0n) is 18.3. The highest BCUT2D eigenvalue weighted by Crippen LogP contribution is 2.29. The monoisotopic (exact) mass is 426 g/mol. The summed E-state index contributed by atoms with van der Waals surface area (Å²) in [7, 11) is 0. The quantitative estimate of drug-likeness (QED) is 0.348. The maximum absolute atomic E-state index is 12.0. The third-order valence-electron chi connectivity index (χ3n) is 5.55. The molecule has 32 heavy (non-hydrogen) atoms. The molecule has 0 saturated carbocycles. The lowest BCUT2D eigenvalue weighted by Crippen LogP contribution is -2.15. The van der Waals surface area contributed by atoms with E-state index in [0.29, 0.717) is 17.0 Å². The van der Waals surface area contributed by atoms with Gasteiger partial charge in [0.1, 0.15) is 11.3 Å². The third-order valence-corrected chi connectivity index (χ3v) is 5.55. The average molecular weight is 427 g/mol. The Labute approximate surface area is 187 Å². The number of carboxylic acids is 1. The Hall–Kier alpha value is -3.80. The molecule has 0 spiro atoms. The van der Waals surface area contributed by atoms with Gasteiger partial charge in [-0.2, -0.15) is 4.98 Å². The largest absolute Gasteiger partial charge is 0.477 e. The fraction of sp³-hybridized carbons (Fsp3) is 0.231. The topological polar surface area (TPSA) is 80.4 Å². The Bertz CT molecular complexity index is 1210. The first-order valence-electron chi connectivity index (χ1n) is 10.9. The predicted octanol–water partition coefficient (Wildman–Crippen LogP) is 6.05. The van der Waals surface area contributed by atoms with Gasteiger partial charge in [0.15, 0.2) is 0 Å². The van der Waals surface area contributed by atoms with E-state index < -0.39 is 5.97 Å². The number of carboxylic acid groups (broad SMARTS) is 1. The van der Waals surface area contributed by atoms with Gasteiger partial charge >= 0.3 is 5.97 Å². The lowest BCUT2D eigenvalue weighted by Gasteiger charge is -2.19. The molecule has 0 aliphatic rings. The van der Waals surface area contributed by atoms with Crippen molar-refractivity contribution in [3.63, 3.8) is 0 Å². The molecule has 2 aromatic heterocycles. The molecular weight excluding hydrogens is 400 g/mol. The summed E-state index contributed by atoms with van der Waals surface area (Å²) in [5.41, 5.74) is 3.53. The lowest BCUT2D eigenvalue weighted by molar-refractivity contribution is 0.0682. The maximum Gasteiger partial charge on any atom is 0.352 e. The van der Waals surface area contributed by atoms with Gasteiger partial charge in [-0.05, 0) is 18.9 Å². The van der Waals surface area contributed by atoms with E-state index >= 15 is 0 Å². The maximum atomic E-state index is 12.0. The number of rotatable bonds is 8. The van der Waals surface area contributed by atoms with Crippen molar-refractivity contribution in [3.05, 3.63) is 89.7 Å². The Kier molecular flexibility index (Phi) is 6.40. The Morgan fingerprint density at radius 2 is 1.66 bits per heavy atom. The zero-order chi connectivity index (χ0) is 22.5. The molecule has 1 unspecified atom stereocenters. The smallest absolute Gasteiger partial charge is 0.352 e. The number of fused-ring (bicyclic) bond motifs is 1. The Balaban J connectivity index is 1.90. The van der Waals surface area contributed by atoms with Crippen molar-refractivity contribution in [2.45, 2.75) is 39.2 Å². The highest BCUT2D eigenvalue weighted by atomic mass is 16.4. The number of aromatic nitrogens is 3. The number of aliphatic imine (C=N–C) groups is 1. The summed E-state index contributed by atoms with van der Waals surface area (Å²) in [6.07, 6.45) is 4.32. The standard InChI is InChI=1S/C26H26N4O2/c1-3-11-21(4-2)30-22(25(31)32)16-20-17-27-26(29-24(20)30)28-23(18-12-7-5-8-13-18)19-14-9-6-10-15-19/h5-10,12-17,21H,3-4,11H2,1-2H3,(H,31,32). The molecule has 2 aromatic carbocycles. The molecule has 0 saturated heterocycles. The molecule has 1 N–H and O–H groups in total. The first-order valence-corrected chi connectivity index (χ1v) is 10.9. The summed E-state index contributed by atoms with van der Waals surface area (Å²) < 4.78 is 1.84. The summed E-state index contributed by atoms with van der Waals surface area (Å²) in [6.45, 7) is 4.17. The van der Waals surface area contributed by atoms with Crippen LogP contribution in [0.4, 0.5) is 5.95 Å². The zero-order valence-corrected chi connectivity index (χ0v) is 18.3. The number of hydrogen-bond donors (Lipinski definition) is 1.